The van der Waals surface area contributed by atoms with Crippen molar-refractivity contribution in [2.75, 3.05) is 31.1 Å². The van der Waals surface area contributed by atoms with E-state index in [9.17, 15) is 4.79 Å². The average molecular weight is 337 g/mol. The minimum absolute atomic E-state index is 0.106. The van der Waals surface area contributed by atoms with Crippen LogP contribution in [-0.4, -0.2) is 51.9 Å². The normalized spacial score (nSPS) is 22.4. The van der Waals surface area contributed by atoms with Gasteiger partial charge in [0.15, 0.2) is 0 Å². The van der Waals surface area contributed by atoms with Gasteiger partial charge in [0, 0.05) is 61.3 Å². The van der Waals surface area contributed by atoms with E-state index in [1.165, 1.54) is 0 Å². The van der Waals surface area contributed by atoms with E-state index in [1.807, 2.05) is 43.9 Å². The second-order valence-corrected chi connectivity index (χ2v) is 7.22. The number of aromatic nitrogens is 3. The van der Waals surface area contributed by atoms with E-state index in [2.05, 4.69) is 19.9 Å². The maximum atomic E-state index is 12.8. The van der Waals surface area contributed by atoms with E-state index in [-0.39, 0.29) is 5.91 Å². The first-order valence-electron chi connectivity index (χ1n) is 8.79. The molecule has 4 heterocycles. The monoisotopic (exact) mass is 337 g/mol. The van der Waals surface area contributed by atoms with Crippen LogP contribution in [0.5, 0.6) is 0 Å². The fourth-order valence-electron chi connectivity index (χ4n) is 4.05. The number of hydrogen-bond donors (Lipinski definition) is 0. The molecule has 130 valence electrons. The fraction of sp³-hybridized carbons (Fsp3) is 0.474. The minimum atomic E-state index is 0.106. The van der Waals surface area contributed by atoms with Crippen LogP contribution in [0.3, 0.4) is 0 Å². The number of likely N-dealkylation sites (tertiary alicyclic amines) is 1. The van der Waals surface area contributed by atoms with Crippen molar-refractivity contribution in [1.82, 2.24) is 19.9 Å². The maximum absolute atomic E-state index is 12.8. The minimum Gasteiger partial charge on any atom is -0.340 e. The Bertz CT molecular complexity index is 787. The van der Waals surface area contributed by atoms with Crippen LogP contribution in [0.1, 0.15) is 27.4 Å². The van der Waals surface area contributed by atoms with Crippen molar-refractivity contribution in [3.63, 3.8) is 0 Å². The van der Waals surface area contributed by atoms with Gasteiger partial charge in [-0.25, -0.2) is 9.97 Å². The molecule has 6 heteroatoms. The number of hydrogen-bond acceptors (Lipinski definition) is 5. The van der Waals surface area contributed by atoms with Crippen molar-refractivity contribution in [1.29, 1.82) is 0 Å². The Balaban J connectivity index is 1.46. The molecule has 4 rings (SSSR count). The molecule has 1 amide bonds. The van der Waals surface area contributed by atoms with E-state index in [0.29, 0.717) is 11.8 Å². The largest absolute Gasteiger partial charge is 0.340 e. The van der Waals surface area contributed by atoms with Crippen molar-refractivity contribution < 1.29 is 4.79 Å². The van der Waals surface area contributed by atoms with Gasteiger partial charge >= 0.3 is 0 Å². The van der Waals surface area contributed by atoms with Crippen LogP contribution in [-0.2, 0) is 0 Å². The summed E-state index contributed by atoms with van der Waals surface area (Å²) in [6.45, 7) is 9.35. The first kappa shape index (κ1) is 16.0. The van der Waals surface area contributed by atoms with Crippen LogP contribution in [0.15, 0.2) is 24.4 Å². The number of pyridine rings is 1. The van der Waals surface area contributed by atoms with Gasteiger partial charge in [-0.2, -0.15) is 0 Å². The Morgan fingerprint density at radius 2 is 1.68 bits per heavy atom. The summed E-state index contributed by atoms with van der Waals surface area (Å²) in [5.41, 5.74) is 3.53. The van der Waals surface area contributed by atoms with Gasteiger partial charge in [-0.1, -0.05) is 0 Å². The zero-order chi connectivity index (χ0) is 17.6. The SMILES string of the molecule is Cc1cc(C)nc(N2CC3CN(C(=O)c4cccnc4C)CC3C2)n1. The number of fused-ring (bicyclic) bond motifs is 1. The number of anilines is 1. The van der Waals surface area contributed by atoms with Gasteiger partial charge in [-0.05, 0) is 39.0 Å². The molecule has 2 aliphatic heterocycles. The number of rotatable bonds is 2. The second kappa shape index (κ2) is 6.10. The molecule has 2 aromatic heterocycles. The predicted octanol–water partition coefficient (Wildman–Crippen LogP) is 2.01. The van der Waals surface area contributed by atoms with Crippen molar-refractivity contribution in [2.24, 2.45) is 11.8 Å². The molecular formula is C19H23N5O. The summed E-state index contributed by atoms with van der Waals surface area (Å²) in [5.74, 6) is 1.91. The highest BCUT2D eigenvalue weighted by molar-refractivity contribution is 5.95. The van der Waals surface area contributed by atoms with Crippen LogP contribution in [0.25, 0.3) is 0 Å². The molecule has 0 N–H and O–H groups in total. The van der Waals surface area contributed by atoms with Gasteiger partial charge in [0.05, 0.1) is 5.56 Å². The summed E-state index contributed by atoms with van der Waals surface area (Å²) in [6, 6.07) is 5.70. The van der Waals surface area contributed by atoms with Crippen LogP contribution < -0.4 is 4.90 Å². The molecule has 2 atom stereocenters. The van der Waals surface area contributed by atoms with Crippen LogP contribution in [0.2, 0.25) is 0 Å². The lowest BCUT2D eigenvalue weighted by molar-refractivity contribution is 0.0781. The van der Waals surface area contributed by atoms with Gasteiger partial charge in [-0.3, -0.25) is 9.78 Å². The molecular weight excluding hydrogens is 314 g/mol. The Labute approximate surface area is 147 Å². The van der Waals surface area contributed by atoms with Gasteiger partial charge in [0.2, 0.25) is 5.95 Å². The Morgan fingerprint density at radius 1 is 1.04 bits per heavy atom. The fourth-order valence-corrected chi connectivity index (χ4v) is 4.05. The van der Waals surface area contributed by atoms with Gasteiger partial charge in [-0.15, -0.1) is 0 Å². The molecule has 0 saturated carbocycles. The highest BCUT2D eigenvalue weighted by Gasteiger charge is 2.42. The molecule has 6 nitrogen and oxygen atoms in total. The molecule has 2 aromatic rings. The van der Waals surface area contributed by atoms with E-state index in [4.69, 9.17) is 0 Å². The van der Waals surface area contributed by atoms with E-state index >= 15 is 0 Å². The second-order valence-electron chi connectivity index (χ2n) is 7.22. The van der Waals surface area contributed by atoms with Crippen LogP contribution in [0.4, 0.5) is 5.95 Å². The molecule has 0 spiro atoms. The molecule has 2 aliphatic rings. The third-order valence-corrected chi connectivity index (χ3v) is 5.26. The zero-order valence-electron chi connectivity index (χ0n) is 14.9. The van der Waals surface area contributed by atoms with Gasteiger partial charge in [0.25, 0.3) is 5.91 Å². The highest BCUT2D eigenvalue weighted by Crippen LogP contribution is 2.33. The topological polar surface area (TPSA) is 62.2 Å². The Kier molecular flexibility index (Phi) is 3.90. The summed E-state index contributed by atoms with van der Waals surface area (Å²) < 4.78 is 0. The molecule has 0 bridgehead atoms. The van der Waals surface area contributed by atoms with Crippen molar-refractivity contribution >= 4 is 11.9 Å². The van der Waals surface area contributed by atoms with Gasteiger partial charge in [0.1, 0.15) is 0 Å². The lowest BCUT2D eigenvalue weighted by Crippen LogP contribution is -2.34. The van der Waals surface area contributed by atoms with Gasteiger partial charge < -0.3 is 9.80 Å². The molecule has 0 aromatic carbocycles. The summed E-state index contributed by atoms with van der Waals surface area (Å²) >= 11 is 0. The first-order chi connectivity index (χ1) is 12.0. The standard InChI is InChI=1S/C19H23N5O/c1-12-7-13(2)22-19(21-12)24-10-15-8-23(9-16(15)11-24)18(25)17-5-4-6-20-14(17)3/h4-7,15-16H,8-11H2,1-3H3. The number of nitrogens with zero attached hydrogens (tertiary/aromatic N) is 5. The highest BCUT2D eigenvalue weighted by atomic mass is 16.2. The van der Waals surface area contributed by atoms with E-state index in [1.54, 1.807) is 6.20 Å². The predicted molar refractivity (Wildman–Crippen MR) is 95.6 cm³/mol. The molecule has 0 radical (unpaired) electrons. The molecule has 0 aliphatic carbocycles. The van der Waals surface area contributed by atoms with E-state index < -0.39 is 0 Å². The van der Waals surface area contributed by atoms with Crippen LogP contribution in [0, 0.1) is 32.6 Å². The quantitative estimate of drug-likeness (QED) is 0.839. The number of aryl methyl sites for hydroxylation is 3. The summed E-state index contributed by atoms with van der Waals surface area (Å²) in [4.78, 5) is 30.4. The molecule has 2 unspecified atom stereocenters. The average Bonchev–Trinajstić information content (AvgIpc) is 3.12. The molecule has 2 fully saturated rings. The van der Waals surface area contributed by atoms with Crippen molar-refractivity contribution in [3.05, 3.63) is 47.0 Å². The summed E-state index contributed by atoms with van der Waals surface area (Å²) in [6.07, 6.45) is 1.73. The van der Waals surface area contributed by atoms with Crippen molar-refractivity contribution in [3.8, 4) is 0 Å². The lowest BCUT2D eigenvalue weighted by Gasteiger charge is -2.22. The zero-order valence-corrected chi connectivity index (χ0v) is 14.9. The van der Waals surface area contributed by atoms with Crippen LogP contribution >= 0.6 is 0 Å². The third kappa shape index (κ3) is 2.97. The van der Waals surface area contributed by atoms with Crippen molar-refractivity contribution in [2.45, 2.75) is 20.8 Å². The number of carbonyl (C=O) groups excluding carboxylic acids is 1. The maximum Gasteiger partial charge on any atom is 0.255 e. The molecule has 25 heavy (non-hydrogen) atoms. The van der Waals surface area contributed by atoms with E-state index in [0.717, 1.165) is 54.8 Å². The lowest BCUT2D eigenvalue weighted by atomic mass is 10.0. The summed E-state index contributed by atoms with van der Waals surface area (Å²) in [5, 5.41) is 0. The number of amides is 1. The Morgan fingerprint density at radius 3 is 2.28 bits per heavy atom. The smallest absolute Gasteiger partial charge is 0.255 e. The molecule has 2 saturated heterocycles. The Hall–Kier alpha value is -2.50. The third-order valence-electron chi connectivity index (χ3n) is 5.26. The number of carbonyl (C=O) groups is 1. The summed E-state index contributed by atoms with van der Waals surface area (Å²) in [7, 11) is 0. The first-order valence-corrected chi connectivity index (χ1v) is 8.79.